The van der Waals surface area contributed by atoms with E-state index in [0.717, 1.165) is 55.5 Å². The van der Waals surface area contributed by atoms with Gasteiger partial charge in [0.25, 0.3) is 0 Å². The van der Waals surface area contributed by atoms with E-state index < -0.39 is 12.7 Å². The number of aromatic nitrogens is 2. The number of benzene rings is 2. The third-order valence-corrected chi connectivity index (χ3v) is 10.5. The third kappa shape index (κ3) is 7.44. The van der Waals surface area contributed by atoms with Crippen molar-refractivity contribution < 1.29 is 14.1 Å². The second kappa shape index (κ2) is 12.4. The van der Waals surface area contributed by atoms with Crippen LogP contribution in [0, 0.1) is 5.41 Å². The number of para-hydroxylation sites is 1. The lowest BCUT2D eigenvalue weighted by Crippen LogP contribution is -2.56. The van der Waals surface area contributed by atoms with Gasteiger partial charge in [-0.05, 0) is 95.5 Å². The van der Waals surface area contributed by atoms with Crippen LogP contribution < -0.4 is 20.8 Å². The quantitative estimate of drug-likeness (QED) is 0.246. The Morgan fingerprint density at radius 1 is 1.07 bits per heavy atom. The van der Waals surface area contributed by atoms with Crippen molar-refractivity contribution in [3.05, 3.63) is 58.7 Å². The van der Waals surface area contributed by atoms with Crippen LogP contribution in [0.1, 0.15) is 46.5 Å². The molecule has 1 spiro atoms. The molecule has 3 aromatic rings. The van der Waals surface area contributed by atoms with Crippen LogP contribution in [0.2, 0.25) is 10.0 Å². The second-order valence-electron chi connectivity index (χ2n) is 13.3. The van der Waals surface area contributed by atoms with Gasteiger partial charge in [-0.1, -0.05) is 35.3 Å². The predicted molar refractivity (Wildman–Crippen MR) is 181 cm³/mol. The molecule has 44 heavy (non-hydrogen) atoms. The molecule has 1 aromatic heterocycles. The van der Waals surface area contributed by atoms with E-state index in [1.54, 1.807) is 18.2 Å². The van der Waals surface area contributed by atoms with Crippen LogP contribution in [0.15, 0.2) is 48.7 Å². The number of piperidine rings is 1. The summed E-state index contributed by atoms with van der Waals surface area (Å²) < 4.78 is 18.3. The summed E-state index contributed by atoms with van der Waals surface area (Å²) in [7, 11) is -0.676. The molecule has 12 heteroatoms. The molecule has 0 radical (unpaired) electrons. The number of halogens is 2. The first kappa shape index (κ1) is 32.4. The van der Waals surface area contributed by atoms with Crippen LogP contribution in [0.25, 0.3) is 0 Å². The number of carbonyl (C=O) groups excluding carboxylic acids is 1. The summed E-state index contributed by atoms with van der Waals surface area (Å²) in [6.45, 7) is 11.0. The Labute approximate surface area is 270 Å². The predicted octanol–water partition coefficient (Wildman–Crippen LogP) is 8.13. The molecule has 1 aliphatic heterocycles. The molecule has 2 heterocycles. The fourth-order valence-electron chi connectivity index (χ4n) is 5.99. The zero-order valence-electron chi connectivity index (χ0n) is 26.2. The number of ether oxygens (including phenoxy) is 1. The molecule has 1 amide bonds. The average molecular weight is 660 g/mol. The molecule has 0 unspecified atom stereocenters. The van der Waals surface area contributed by atoms with Crippen molar-refractivity contribution in [2.24, 2.45) is 5.41 Å². The van der Waals surface area contributed by atoms with Gasteiger partial charge in [-0.3, -0.25) is 0 Å². The first-order chi connectivity index (χ1) is 20.6. The van der Waals surface area contributed by atoms with Crippen molar-refractivity contribution in [1.29, 1.82) is 0 Å². The summed E-state index contributed by atoms with van der Waals surface area (Å²) in [5, 5.41) is 8.16. The van der Waals surface area contributed by atoms with E-state index in [-0.39, 0.29) is 17.6 Å². The highest BCUT2D eigenvalue weighted by Gasteiger charge is 2.48. The number of hydrogen-bond acceptors (Lipinski definition) is 8. The van der Waals surface area contributed by atoms with Gasteiger partial charge < -0.3 is 29.7 Å². The molecule has 2 N–H and O–H groups in total. The van der Waals surface area contributed by atoms with E-state index >= 15 is 0 Å². The van der Waals surface area contributed by atoms with E-state index in [2.05, 4.69) is 25.5 Å². The minimum atomic E-state index is -2.52. The van der Waals surface area contributed by atoms with Gasteiger partial charge in [-0.25, -0.2) is 9.78 Å². The maximum atomic E-state index is 12.8. The number of rotatable bonds is 7. The summed E-state index contributed by atoms with van der Waals surface area (Å²) in [5.74, 6) is 0.760. The summed E-state index contributed by atoms with van der Waals surface area (Å²) in [6, 6.07) is 13.5. The smallest absolute Gasteiger partial charge is 0.410 e. The number of carbonyl (C=O) groups is 1. The fourth-order valence-corrected chi connectivity index (χ4v) is 7.58. The third-order valence-electron chi connectivity index (χ3n) is 8.42. The molecule has 0 bridgehead atoms. The lowest BCUT2D eigenvalue weighted by molar-refractivity contribution is -0.0273. The molecule has 5 rings (SSSR count). The Kier molecular flexibility index (Phi) is 9.14. The van der Waals surface area contributed by atoms with Gasteiger partial charge >= 0.3 is 6.09 Å². The Morgan fingerprint density at radius 3 is 2.39 bits per heavy atom. The molecule has 2 aromatic carbocycles. The molecular formula is C32H41Cl2N6O3P. The van der Waals surface area contributed by atoms with E-state index in [4.69, 9.17) is 27.9 Å². The Morgan fingerprint density at radius 2 is 1.75 bits per heavy atom. The Bertz CT molecular complexity index is 1570. The summed E-state index contributed by atoms with van der Waals surface area (Å²) in [5.41, 5.74) is 2.21. The summed E-state index contributed by atoms with van der Waals surface area (Å²) in [6.07, 6.45) is 5.41. The lowest BCUT2D eigenvalue weighted by atomic mass is 9.60. The molecule has 9 nitrogen and oxygen atoms in total. The number of nitrogens with zero attached hydrogens (tertiary/aromatic N) is 4. The number of hydrogen-bond donors (Lipinski definition) is 2. The standard InChI is InChI=1S/C32H41Cl2N6O3P/c1-31(2,3)43-30(41)39(4)22-18-32(19-22)13-15-40(16-14-32)26-12-11-21(17-23(26)33)36-29-35-20-24(34)28(38-29)37-25-9-7-8-10-27(25)44(5,6)42/h7-12,17,20,22H,13-16,18-19H2,1-6H3,(H2,35,36,37,38). The second-order valence-corrected chi connectivity index (χ2v) is 17.3. The van der Waals surface area contributed by atoms with Gasteiger partial charge in [-0.2, -0.15) is 4.98 Å². The molecule has 2 aliphatic rings. The molecule has 1 aliphatic carbocycles. The first-order valence-electron chi connectivity index (χ1n) is 14.8. The SMILES string of the molecule is CN(C(=O)OC(C)(C)C)C1CC2(CCN(c3ccc(Nc4ncc(Cl)c(Nc5ccccc5P(C)(C)=O)n4)cc3Cl)CC2)C1. The molecular weight excluding hydrogens is 618 g/mol. The number of amides is 1. The van der Waals surface area contributed by atoms with E-state index in [1.807, 2.05) is 70.3 Å². The zero-order chi connectivity index (χ0) is 31.9. The monoisotopic (exact) mass is 658 g/mol. The minimum Gasteiger partial charge on any atom is -0.444 e. The van der Waals surface area contributed by atoms with Crippen LogP contribution >= 0.6 is 30.3 Å². The van der Waals surface area contributed by atoms with Crippen LogP contribution in [0.3, 0.4) is 0 Å². The van der Waals surface area contributed by atoms with Crippen LogP contribution in [-0.2, 0) is 9.30 Å². The maximum absolute atomic E-state index is 12.8. The van der Waals surface area contributed by atoms with E-state index in [1.165, 1.54) is 6.20 Å². The van der Waals surface area contributed by atoms with E-state index in [9.17, 15) is 9.36 Å². The van der Waals surface area contributed by atoms with Gasteiger partial charge in [-0.15, -0.1) is 0 Å². The molecule has 0 atom stereocenters. The van der Waals surface area contributed by atoms with Gasteiger partial charge in [0, 0.05) is 37.2 Å². The van der Waals surface area contributed by atoms with Crippen molar-refractivity contribution in [2.75, 3.05) is 49.0 Å². The fraction of sp³-hybridized carbons (Fsp3) is 0.469. The van der Waals surface area contributed by atoms with Crippen molar-refractivity contribution in [3.8, 4) is 0 Å². The van der Waals surface area contributed by atoms with Crippen LogP contribution in [-0.4, -0.2) is 66.1 Å². The summed E-state index contributed by atoms with van der Waals surface area (Å²) >= 11 is 13.2. The highest BCUT2D eigenvalue weighted by atomic mass is 35.5. The van der Waals surface area contributed by atoms with Gasteiger partial charge in [0.1, 0.15) is 17.8 Å². The molecule has 236 valence electrons. The molecule has 2 fully saturated rings. The highest BCUT2D eigenvalue weighted by Crippen LogP contribution is 2.51. The number of nitrogens with one attached hydrogen (secondary N) is 2. The van der Waals surface area contributed by atoms with Gasteiger partial charge in [0.15, 0.2) is 5.82 Å². The normalized spacial score (nSPS) is 16.8. The van der Waals surface area contributed by atoms with E-state index in [0.29, 0.717) is 27.5 Å². The largest absolute Gasteiger partial charge is 0.444 e. The van der Waals surface area contributed by atoms with Crippen molar-refractivity contribution >= 4 is 70.6 Å². The topological polar surface area (TPSA) is 99.7 Å². The highest BCUT2D eigenvalue weighted by molar-refractivity contribution is 7.70. The van der Waals surface area contributed by atoms with Crippen molar-refractivity contribution in [2.45, 2.75) is 58.1 Å². The first-order valence-corrected chi connectivity index (χ1v) is 18.2. The molecule has 1 saturated heterocycles. The van der Waals surface area contributed by atoms with Gasteiger partial charge in [0.05, 0.1) is 22.6 Å². The Balaban J connectivity index is 1.19. The number of anilines is 5. The zero-order valence-corrected chi connectivity index (χ0v) is 28.6. The maximum Gasteiger partial charge on any atom is 0.410 e. The Hall–Kier alpha value is -3.00. The van der Waals surface area contributed by atoms with Crippen LogP contribution in [0.4, 0.5) is 33.6 Å². The van der Waals surface area contributed by atoms with Crippen molar-refractivity contribution in [3.63, 3.8) is 0 Å². The van der Waals surface area contributed by atoms with Gasteiger partial charge in [0.2, 0.25) is 5.95 Å². The lowest BCUT2D eigenvalue weighted by Gasteiger charge is -2.54. The average Bonchev–Trinajstić information content (AvgIpc) is 2.92. The summed E-state index contributed by atoms with van der Waals surface area (Å²) in [4.78, 5) is 25.5. The van der Waals surface area contributed by atoms with Crippen LogP contribution in [0.5, 0.6) is 0 Å². The van der Waals surface area contributed by atoms with Crippen molar-refractivity contribution in [1.82, 2.24) is 14.9 Å². The molecule has 1 saturated carbocycles. The minimum absolute atomic E-state index is 0.228.